The molecule has 2 N–H and O–H groups in total. The van der Waals surface area contributed by atoms with Crippen molar-refractivity contribution in [1.29, 1.82) is 0 Å². The molecule has 0 aliphatic carbocycles. The Labute approximate surface area is 147 Å². The van der Waals surface area contributed by atoms with E-state index in [0.717, 1.165) is 9.26 Å². The van der Waals surface area contributed by atoms with Crippen LogP contribution in [0, 0.1) is 3.57 Å². The largest absolute Gasteiger partial charge is 0.351 e. The molecule has 2 aromatic carbocycles. The molecule has 0 spiro atoms. The zero-order valence-electron chi connectivity index (χ0n) is 11.6. The minimum atomic E-state index is -0.285. The quantitative estimate of drug-likeness (QED) is 0.714. The Morgan fingerprint density at radius 2 is 1.73 bits per heavy atom. The number of hydrogen-bond donors (Lipinski definition) is 2. The molecule has 2 amide bonds. The van der Waals surface area contributed by atoms with E-state index in [1.54, 1.807) is 24.3 Å². The molecule has 0 atom stereocenters. The molecule has 4 nitrogen and oxygen atoms in total. The van der Waals surface area contributed by atoms with Gasteiger partial charge in [-0.1, -0.05) is 35.9 Å². The van der Waals surface area contributed by atoms with Gasteiger partial charge in [-0.2, -0.15) is 0 Å². The van der Waals surface area contributed by atoms with Crippen LogP contribution in [0.15, 0.2) is 48.5 Å². The summed E-state index contributed by atoms with van der Waals surface area (Å²) < 4.78 is 0.966. The third kappa shape index (κ3) is 4.71. The van der Waals surface area contributed by atoms with Crippen molar-refractivity contribution in [2.24, 2.45) is 0 Å². The van der Waals surface area contributed by atoms with Crippen molar-refractivity contribution in [3.05, 3.63) is 62.7 Å². The molecule has 0 radical (unpaired) electrons. The number of halogens is 2. The van der Waals surface area contributed by atoms with E-state index >= 15 is 0 Å². The van der Waals surface area contributed by atoms with Crippen molar-refractivity contribution in [2.45, 2.75) is 6.42 Å². The van der Waals surface area contributed by atoms with Gasteiger partial charge in [0, 0.05) is 16.5 Å². The Morgan fingerprint density at radius 3 is 2.45 bits per heavy atom. The van der Waals surface area contributed by atoms with Crippen molar-refractivity contribution in [3.8, 4) is 0 Å². The number of carbonyl (C=O) groups is 2. The molecule has 2 aromatic rings. The number of carbonyl (C=O) groups excluding carboxylic acids is 2. The minimum absolute atomic E-state index is 0.149. The number of para-hydroxylation sites is 1. The first-order chi connectivity index (χ1) is 10.6. The Kier molecular flexibility index (Phi) is 6.21. The molecule has 0 aliphatic heterocycles. The summed E-state index contributed by atoms with van der Waals surface area (Å²) in [5.41, 5.74) is 1.17. The highest BCUT2D eigenvalue weighted by molar-refractivity contribution is 14.1. The first kappa shape index (κ1) is 16.8. The standard InChI is InChI=1S/C16H14ClIN2O2/c17-12-6-2-1-5-11(12)16(22)19-10-9-15(21)20-14-8-4-3-7-13(14)18/h1-8H,9-10H2,(H,19,22)(H,20,21). The van der Waals surface area contributed by atoms with E-state index in [1.165, 1.54) is 0 Å². The summed E-state index contributed by atoms with van der Waals surface area (Å²) in [6.45, 7) is 0.249. The summed E-state index contributed by atoms with van der Waals surface area (Å²) in [6.07, 6.45) is 0.196. The highest BCUT2D eigenvalue weighted by Crippen LogP contribution is 2.17. The van der Waals surface area contributed by atoms with Gasteiger partial charge in [0.25, 0.3) is 5.91 Å². The zero-order chi connectivity index (χ0) is 15.9. The first-order valence-electron chi connectivity index (χ1n) is 6.65. The van der Waals surface area contributed by atoms with Crippen LogP contribution in [0.3, 0.4) is 0 Å². The molecular weight excluding hydrogens is 415 g/mol. The van der Waals surface area contributed by atoms with Crippen molar-refractivity contribution in [1.82, 2.24) is 5.32 Å². The maximum absolute atomic E-state index is 11.9. The van der Waals surface area contributed by atoms with Crippen LogP contribution in [0.2, 0.25) is 5.02 Å². The normalized spacial score (nSPS) is 10.1. The lowest BCUT2D eigenvalue weighted by Crippen LogP contribution is -2.28. The number of anilines is 1. The van der Waals surface area contributed by atoms with E-state index in [0.29, 0.717) is 10.6 Å². The molecule has 0 heterocycles. The Morgan fingerprint density at radius 1 is 1.05 bits per heavy atom. The Hall–Kier alpha value is -1.60. The van der Waals surface area contributed by atoms with Crippen LogP contribution >= 0.6 is 34.2 Å². The van der Waals surface area contributed by atoms with Crippen molar-refractivity contribution in [3.63, 3.8) is 0 Å². The van der Waals surface area contributed by atoms with Crippen LogP contribution in [-0.4, -0.2) is 18.4 Å². The molecular formula is C16H14ClIN2O2. The van der Waals surface area contributed by atoms with Gasteiger partial charge in [0.1, 0.15) is 0 Å². The molecule has 2 rings (SSSR count). The third-order valence-corrected chi connectivity index (χ3v) is 4.17. The van der Waals surface area contributed by atoms with Gasteiger partial charge in [-0.3, -0.25) is 9.59 Å². The highest BCUT2D eigenvalue weighted by atomic mass is 127. The van der Waals surface area contributed by atoms with Crippen molar-refractivity contribution < 1.29 is 9.59 Å². The Bertz CT molecular complexity index is 691. The lowest BCUT2D eigenvalue weighted by atomic mass is 10.2. The SMILES string of the molecule is O=C(CCNC(=O)c1ccccc1Cl)Nc1ccccc1I. The second-order valence-electron chi connectivity index (χ2n) is 4.51. The summed E-state index contributed by atoms with van der Waals surface area (Å²) in [6, 6.07) is 14.3. The topological polar surface area (TPSA) is 58.2 Å². The van der Waals surface area contributed by atoms with Crippen LogP contribution in [0.25, 0.3) is 0 Å². The molecule has 22 heavy (non-hydrogen) atoms. The van der Waals surface area contributed by atoms with E-state index in [1.807, 2.05) is 24.3 Å². The van der Waals surface area contributed by atoms with Crippen LogP contribution in [0.1, 0.15) is 16.8 Å². The molecule has 0 saturated heterocycles. The highest BCUT2D eigenvalue weighted by Gasteiger charge is 2.10. The fourth-order valence-corrected chi connectivity index (χ4v) is 2.55. The van der Waals surface area contributed by atoms with E-state index in [2.05, 4.69) is 33.2 Å². The van der Waals surface area contributed by atoms with Crippen molar-refractivity contribution >= 4 is 51.7 Å². The van der Waals surface area contributed by atoms with Gasteiger partial charge in [0.15, 0.2) is 0 Å². The molecule has 0 aliphatic rings. The average molecular weight is 429 g/mol. The fourth-order valence-electron chi connectivity index (χ4n) is 1.81. The second kappa shape index (κ2) is 8.14. The van der Waals surface area contributed by atoms with E-state index in [9.17, 15) is 9.59 Å². The van der Waals surface area contributed by atoms with Crippen LogP contribution in [-0.2, 0) is 4.79 Å². The number of amides is 2. The van der Waals surface area contributed by atoms with Crippen LogP contribution in [0.5, 0.6) is 0 Å². The third-order valence-electron chi connectivity index (χ3n) is 2.90. The average Bonchev–Trinajstić information content (AvgIpc) is 2.50. The lowest BCUT2D eigenvalue weighted by molar-refractivity contribution is -0.116. The summed E-state index contributed by atoms with van der Waals surface area (Å²) in [4.78, 5) is 23.8. The van der Waals surface area contributed by atoms with Crippen LogP contribution in [0.4, 0.5) is 5.69 Å². The number of rotatable bonds is 5. The lowest BCUT2D eigenvalue weighted by Gasteiger charge is -2.08. The maximum Gasteiger partial charge on any atom is 0.252 e. The summed E-state index contributed by atoms with van der Waals surface area (Å²) >= 11 is 8.10. The van der Waals surface area contributed by atoms with Gasteiger partial charge < -0.3 is 10.6 Å². The number of nitrogens with one attached hydrogen (secondary N) is 2. The monoisotopic (exact) mass is 428 g/mol. The molecule has 6 heteroatoms. The van der Waals surface area contributed by atoms with Gasteiger partial charge in [-0.05, 0) is 46.9 Å². The van der Waals surface area contributed by atoms with Crippen molar-refractivity contribution in [2.75, 3.05) is 11.9 Å². The van der Waals surface area contributed by atoms with Gasteiger partial charge >= 0.3 is 0 Å². The van der Waals surface area contributed by atoms with Gasteiger partial charge in [-0.25, -0.2) is 0 Å². The molecule has 0 saturated carbocycles. The van der Waals surface area contributed by atoms with Crippen LogP contribution < -0.4 is 10.6 Å². The fraction of sp³-hybridized carbons (Fsp3) is 0.125. The van der Waals surface area contributed by atoms with E-state index in [4.69, 9.17) is 11.6 Å². The molecule has 0 fully saturated rings. The zero-order valence-corrected chi connectivity index (χ0v) is 14.5. The van der Waals surface area contributed by atoms with Gasteiger partial charge in [-0.15, -0.1) is 0 Å². The first-order valence-corrected chi connectivity index (χ1v) is 8.10. The maximum atomic E-state index is 11.9. The second-order valence-corrected chi connectivity index (χ2v) is 6.08. The smallest absolute Gasteiger partial charge is 0.252 e. The predicted octanol–water partition coefficient (Wildman–Crippen LogP) is 3.70. The summed E-state index contributed by atoms with van der Waals surface area (Å²) in [5, 5.41) is 5.89. The molecule has 0 aromatic heterocycles. The molecule has 114 valence electrons. The molecule has 0 bridgehead atoms. The van der Waals surface area contributed by atoms with E-state index < -0.39 is 0 Å². The predicted molar refractivity (Wildman–Crippen MR) is 96.2 cm³/mol. The van der Waals surface area contributed by atoms with E-state index in [-0.39, 0.29) is 24.8 Å². The Balaban J connectivity index is 1.81. The number of hydrogen-bond acceptors (Lipinski definition) is 2. The van der Waals surface area contributed by atoms with Gasteiger partial charge in [0.05, 0.1) is 16.3 Å². The number of benzene rings is 2. The minimum Gasteiger partial charge on any atom is -0.351 e. The summed E-state index contributed by atoms with van der Waals surface area (Å²) in [5.74, 6) is -0.434. The molecule has 0 unspecified atom stereocenters. The summed E-state index contributed by atoms with van der Waals surface area (Å²) in [7, 11) is 0. The van der Waals surface area contributed by atoms with Gasteiger partial charge in [0.2, 0.25) is 5.91 Å².